The van der Waals surface area contributed by atoms with Crippen LogP contribution in [-0.2, 0) is 29.0 Å². The molecule has 7 heteroatoms. The Kier molecular flexibility index (Phi) is 9.74. The second kappa shape index (κ2) is 13.2. The fourth-order valence-corrected chi connectivity index (χ4v) is 3.90. The van der Waals surface area contributed by atoms with Crippen LogP contribution in [0.4, 0.5) is 0 Å². The Bertz CT molecular complexity index is 1130. The first-order valence-electron chi connectivity index (χ1n) is 11.9. The van der Waals surface area contributed by atoms with Gasteiger partial charge >= 0.3 is 0 Å². The van der Waals surface area contributed by atoms with Crippen molar-refractivity contribution < 1.29 is 23.8 Å². The van der Waals surface area contributed by atoms with Crippen LogP contribution in [-0.4, -0.2) is 50.6 Å². The molecule has 0 spiro atoms. The summed E-state index contributed by atoms with van der Waals surface area (Å²) in [6, 6.07) is 22.2. The van der Waals surface area contributed by atoms with Gasteiger partial charge in [-0.05, 0) is 54.3 Å². The third kappa shape index (κ3) is 7.25. The molecular formula is C29H34N2O5. The van der Waals surface area contributed by atoms with Gasteiger partial charge in [-0.15, -0.1) is 0 Å². The summed E-state index contributed by atoms with van der Waals surface area (Å²) >= 11 is 0. The molecule has 0 aliphatic carbocycles. The van der Waals surface area contributed by atoms with E-state index in [9.17, 15) is 9.59 Å². The second-order valence-electron chi connectivity index (χ2n) is 8.44. The highest BCUT2D eigenvalue weighted by molar-refractivity contribution is 5.88. The van der Waals surface area contributed by atoms with Crippen LogP contribution < -0.4 is 19.5 Å². The van der Waals surface area contributed by atoms with Crippen LogP contribution in [0, 0.1) is 0 Å². The summed E-state index contributed by atoms with van der Waals surface area (Å²) in [7, 11) is 4.73. The van der Waals surface area contributed by atoms with Crippen LogP contribution in [0.25, 0.3) is 0 Å². The summed E-state index contributed by atoms with van der Waals surface area (Å²) in [4.78, 5) is 28.1. The number of benzene rings is 3. The van der Waals surface area contributed by atoms with Gasteiger partial charge in [0, 0.05) is 13.1 Å². The number of nitrogens with zero attached hydrogens (tertiary/aromatic N) is 1. The number of nitrogens with one attached hydrogen (secondary N) is 1. The molecule has 3 aromatic carbocycles. The maximum Gasteiger partial charge on any atom is 0.242 e. The molecule has 1 N–H and O–H groups in total. The van der Waals surface area contributed by atoms with Gasteiger partial charge in [0.1, 0.15) is 11.8 Å². The van der Waals surface area contributed by atoms with E-state index in [1.54, 1.807) is 45.3 Å². The number of amides is 2. The highest BCUT2D eigenvalue weighted by Gasteiger charge is 2.26. The lowest BCUT2D eigenvalue weighted by Crippen LogP contribution is -2.48. The van der Waals surface area contributed by atoms with E-state index in [2.05, 4.69) is 5.32 Å². The normalized spacial score (nSPS) is 11.3. The van der Waals surface area contributed by atoms with Crippen molar-refractivity contribution in [3.63, 3.8) is 0 Å². The molecule has 2 amide bonds. The molecule has 0 aromatic heterocycles. The van der Waals surface area contributed by atoms with Gasteiger partial charge in [0.05, 0.1) is 27.8 Å². The molecule has 1 atom stereocenters. The van der Waals surface area contributed by atoms with E-state index in [4.69, 9.17) is 14.2 Å². The summed E-state index contributed by atoms with van der Waals surface area (Å²) in [6.07, 6.45) is 0.843. The zero-order valence-corrected chi connectivity index (χ0v) is 21.3. The maximum absolute atomic E-state index is 13.5. The van der Waals surface area contributed by atoms with Crippen LogP contribution in [0.2, 0.25) is 0 Å². The molecule has 3 rings (SSSR count). The number of hydrogen-bond donors (Lipinski definition) is 1. The lowest BCUT2D eigenvalue weighted by Gasteiger charge is -2.29. The summed E-state index contributed by atoms with van der Waals surface area (Å²) in [5, 5.41) is 2.98. The Balaban J connectivity index is 1.74. The monoisotopic (exact) mass is 490 g/mol. The lowest BCUT2D eigenvalue weighted by molar-refractivity contribution is -0.140. The van der Waals surface area contributed by atoms with Crippen molar-refractivity contribution in [2.45, 2.75) is 32.4 Å². The van der Waals surface area contributed by atoms with Crippen molar-refractivity contribution in [3.05, 3.63) is 89.5 Å². The summed E-state index contributed by atoms with van der Waals surface area (Å²) in [5.74, 6) is 1.52. The zero-order chi connectivity index (χ0) is 25.9. The van der Waals surface area contributed by atoms with E-state index in [-0.39, 0.29) is 18.2 Å². The fourth-order valence-electron chi connectivity index (χ4n) is 3.90. The Morgan fingerprint density at radius 2 is 1.47 bits per heavy atom. The number of ether oxygens (including phenoxy) is 3. The molecule has 0 aliphatic rings. The first-order chi connectivity index (χ1) is 17.4. The number of carbonyl (C=O) groups excluding carboxylic acids is 2. The van der Waals surface area contributed by atoms with Crippen LogP contribution in [0.5, 0.6) is 17.2 Å². The van der Waals surface area contributed by atoms with Crippen molar-refractivity contribution in [2.24, 2.45) is 0 Å². The van der Waals surface area contributed by atoms with Crippen LogP contribution >= 0.6 is 0 Å². The van der Waals surface area contributed by atoms with Crippen LogP contribution in [0.1, 0.15) is 23.6 Å². The molecule has 0 bridgehead atoms. The van der Waals surface area contributed by atoms with Crippen molar-refractivity contribution in [1.82, 2.24) is 10.2 Å². The quantitative estimate of drug-likeness (QED) is 0.415. The van der Waals surface area contributed by atoms with Gasteiger partial charge in [0.25, 0.3) is 0 Å². The molecule has 0 saturated heterocycles. The summed E-state index contributed by atoms with van der Waals surface area (Å²) in [6.45, 7) is 2.55. The Hall–Kier alpha value is -4.00. The average Bonchev–Trinajstić information content (AvgIpc) is 2.92. The summed E-state index contributed by atoms with van der Waals surface area (Å²) in [5.41, 5.74) is 2.82. The molecule has 0 saturated carbocycles. The van der Waals surface area contributed by atoms with Crippen molar-refractivity contribution >= 4 is 11.8 Å². The third-order valence-corrected chi connectivity index (χ3v) is 6.04. The largest absolute Gasteiger partial charge is 0.497 e. The van der Waals surface area contributed by atoms with E-state index >= 15 is 0 Å². The van der Waals surface area contributed by atoms with Crippen molar-refractivity contribution in [3.8, 4) is 17.2 Å². The van der Waals surface area contributed by atoms with Gasteiger partial charge in [-0.2, -0.15) is 0 Å². The Morgan fingerprint density at radius 1 is 0.806 bits per heavy atom. The van der Waals surface area contributed by atoms with E-state index in [0.717, 1.165) is 28.9 Å². The van der Waals surface area contributed by atoms with E-state index < -0.39 is 6.04 Å². The van der Waals surface area contributed by atoms with Crippen LogP contribution in [0.3, 0.4) is 0 Å². The second-order valence-corrected chi connectivity index (χ2v) is 8.44. The number of rotatable bonds is 12. The standard InChI is InChI=1S/C29H34N2O5/c1-21(29(33)30-17-16-22-8-6-5-7-9-22)31(20-23-10-13-25(34-2)14-11-23)28(32)19-24-12-15-26(35-3)27(18-24)36-4/h5-15,18,21H,16-17,19-20H2,1-4H3,(H,30,33). The Labute approximate surface area is 213 Å². The highest BCUT2D eigenvalue weighted by Crippen LogP contribution is 2.28. The zero-order valence-electron chi connectivity index (χ0n) is 21.3. The minimum Gasteiger partial charge on any atom is -0.497 e. The SMILES string of the molecule is COc1ccc(CN(C(=O)Cc2ccc(OC)c(OC)c2)C(C)C(=O)NCCc2ccccc2)cc1. The molecule has 0 fully saturated rings. The van der Waals surface area contributed by atoms with Gasteiger partial charge < -0.3 is 24.4 Å². The number of methoxy groups -OCH3 is 3. The number of carbonyl (C=O) groups is 2. The molecule has 190 valence electrons. The van der Waals surface area contributed by atoms with Gasteiger partial charge in [0.15, 0.2) is 11.5 Å². The predicted octanol–water partition coefficient (Wildman–Crippen LogP) is 4.03. The minimum absolute atomic E-state index is 0.123. The fraction of sp³-hybridized carbons (Fsp3) is 0.310. The van der Waals surface area contributed by atoms with E-state index in [1.807, 2.05) is 60.7 Å². The summed E-state index contributed by atoms with van der Waals surface area (Å²) < 4.78 is 15.9. The maximum atomic E-state index is 13.5. The third-order valence-electron chi connectivity index (χ3n) is 6.04. The molecule has 36 heavy (non-hydrogen) atoms. The molecule has 3 aromatic rings. The average molecular weight is 491 g/mol. The van der Waals surface area contributed by atoms with Gasteiger partial charge in [0.2, 0.25) is 11.8 Å². The highest BCUT2D eigenvalue weighted by atomic mass is 16.5. The molecular weight excluding hydrogens is 456 g/mol. The molecule has 0 aliphatic heterocycles. The predicted molar refractivity (Wildman–Crippen MR) is 139 cm³/mol. The topological polar surface area (TPSA) is 77.1 Å². The molecule has 1 unspecified atom stereocenters. The lowest BCUT2D eigenvalue weighted by atomic mass is 10.1. The van der Waals surface area contributed by atoms with Gasteiger partial charge in [-0.1, -0.05) is 48.5 Å². The van der Waals surface area contributed by atoms with E-state index in [0.29, 0.717) is 24.6 Å². The van der Waals surface area contributed by atoms with Gasteiger partial charge in [-0.25, -0.2) is 0 Å². The number of hydrogen-bond acceptors (Lipinski definition) is 5. The molecule has 0 heterocycles. The minimum atomic E-state index is -0.657. The van der Waals surface area contributed by atoms with Crippen molar-refractivity contribution in [2.75, 3.05) is 27.9 Å². The Morgan fingerprint density at radius 3 is 2.11 bits per heavy atom. The van der Waals surface area contributed by atoms with Crippen molar-refractivity contribution in [1.29, 1.82) is 0 Å². The van der Waals surface area contributed by atoms with E-state index in [1.165, 1.54) is 0 Å². The first-order valence-corrected chi connectivity index (χ1v) is 11.9. The smallest absolute Gasteiger partial charge is 0.242 e. The first kappa shape index (κ1) is 26.6. The van der Waals surface area contributed by atoms with Crippen LogP contribution in [0.15, 0.2) is 72.8 Å². The molecule has 0 radical (unpaired) electrons. The van der Waals surface area contributed by atoms with Gasteiger partial charge in [-0.3, -0.25) is 9.59 Å². The molecule has 7 nitrogen and oxygen atoms in total.